The van der Waals surface area contributed by atoms with E-state index in [0.717, 1.165) is 25.0 Å². The molecule has 1 saturated carbocycles. The molecule has 1 aliphatic heterocycles. The summed E-state index contributed by atoms with van der Waals surface area (Å²) in [5.74, 6) is 1.35. The molecule has 3 rings (SSSR count). The van der Waals surface area contributed by atoms with Crippen LogP contribution in [0.4, 0.5) is 0 Å². The van der Waals surface area contributed by atoms with E-state index >= 15 is 0 Å². The Kier molecular flexibility index (Phi) is 5.78. The maximum absolute atomic E-state index is 12.9. The number of carbonyl (C=O) groups excluding carboxylic acids is 1. The van der Waals surface area contributed by atoms with Crippen molar-refractivity contribution < 1.29 is 14.3 Å². The molecule has 1 fully saturated rings. The molecule has 25 heavy (non-hydrogen) atoms. The van der Waals surface area contributed by atoms with Gasteiger partial charge in [-0.1, -0.05) is 13.8 Å². The Hall–Kier alpha value is -1.82. The summed E-state index contributed by atoms with van der Waals surface area (Å²) >= 11 is 0. The lowest BCUT2D eigenvalue weighted by Gasteiger charge is -2.18. The predicted molar refractivity (Wildman–Crippen MR) is 95.2 cm³/mol. The molecule has 0 unspecified atom stereocenters. The number of amides is 1. The Morgan fingerprint density at radius 1 is 1.40 bits per heavy atom. The van der Waals surface area contributed by atoms with Crippen molar-refractivity contribution in [1.29, 1.82) is 0 Å². The van der Waals surface area contributed by atoms with Crippen molar-refractivity contribution in [3.8, 4) is 5.75 Å². The van der Waals surface area contributed by atoms with Crippen molar-refractivity contribution in [2.75, 3.05) is 26.4 Å². The van der Waals surface area contributed by atoms with Crippen LogP contribution < -0.4 is 15.6 Å². The number of nitrogens with one attached hydrogen (secondary N) is 1. The fourth-order valence-electron chi connectivity index (χ4n) is 3.02. The lowest BCUT2D eigenvalue weighted by Crippen LogP contribution is -2.32. The highest BCUT2D eigenvalue weighted by Gasteiger charge is 2.26. The van der Waals surface area contributed by atoms with Crippen LogP contribution in [-0.2, 0) is 17.7 Å². The van der Waals surface area contributed by atoms with Crippen molar-refractivity contribution in [2.24, 2.45) is 11.8 Å². The SMILES string of the molecule is CC(C)CCNC(=O)c1c(OCC2CC2)cc(=O)n2c1CCOCC2. The van der Waals surface area contributed by atoms with Gasteiger partial charge in [-0.15, -0.1) is 0 Å². The number of pyridine rings is 1. The van der Waals surface area contributed by atoms with Crippen molar-refractivity contribution >= 4 is 5.91 Å². The average molecular weight is 348 g/mol. The van der Waals surface area contributed by atoms with Gasteiger partial charge in [-0.3, -0.25) is 9.59 Å². The molecule has 6 nitrogen and oxygen atoms in total. The molecule has 1 aromatic rings. The normalized spacial score (nSPS) is 17.1. The van der Waals surface area contributed by atoms with Crippen LogP contribution in [0.2, 0.25) is 0 Å². The minimum atomic E-state index is -0.155. The molecule has 1 amide bonds. The summed E-state index contributed by atoms with van der Waals surface area (Å²) in [7, 11) is 0. The van der Waals surface area contributed by atoms with Gasteiger partial charge in [-0.2, -0.15) is 0 Å². The Morgan fingerprint density at radius 2 is 2.20 bits per heavy atom. The summed E-state index contributed by atoms with van der Waals surface area (Å²) in [6, 6.07) is 1.47. The fraction of sp³-hybridized carbons (Fsp3) is 0.684. The quantitative estimate of drug-likeness (QED) is 0.818. The number of carbonyl (C=O) groups is 1. The summed E-state index contributed by atoms with van der Waals surface area (Å²) in [4.78, 5) is 25.3. The number of ether oxygens (including phenoxy) is 2. The molecule has 0 spiro atoms. The minimum absolute atomic E-state index is 0.120. The maximum atomic E-state index is 12.9. The van der Waals surface area contributed by atoms with E-state index in [1.165, 1.54) is 6.07 Å². The highest BCUT2D eigenvalue weighted by Crippen LogP contribution is 2.31. The third-order valence-corrected chi connectivity index (χ3v) is 4.73. The zero-order valence-corrected chi connectivity index (χ0v) is 15.2. The Bertz CT molecular complexity index is 677. The molecule has 2 heterocycles. The van der Waals surface area contributed by atoms with Crippen LogP contribution in [0.25, 0.3) is 0 Å². The first-order chi connectivity index (χ1) is 12.1. The first-order valence-electron chi connectivity index (χ1n) is 9.31. The van der Waals surface area contributed by atoms with E-state index < -0.39 is 0 Å². The van der Waals surface area contributed by atoms with Crippen LogP contribution >= 0.6 is 0 Å². The van der Waals surface area contributed by atoms with Crippen LogP contribution in [0.15, 0.2) is 10.9 Å². The van der Waals surface area contributed by atoms with Gasteiger partial charge in [0, 0.05) is 31.3 Å². The summed E-state index contributed by atoms with van der Waals surface area (Å²) in [6.07, 6.45) is 3.78. The zero-order chi connectivity index (χ0) is 17.8. The smallest absolute Gasteiger partial charge is 0.256 e. The number of aromatic nitrogens is 1. The van der Waals surface area contributed by atoms with Crippen LogP contribution in [-0.4, -0.2) is 36.8 Å². The Balaban J connectivity index is 1.89. The van der Waals surface area contributed by atoms with Gasteiger partial charge in [0.2, 0.25) is 0 Å². The highest BCUT2D eigenvalue weighted by atomic mass is 16.5. The van der Waals surface area contributed by atoms with E-state index in [9.17, 15) is 9.59 Å². The third kappa shape index (κ3) is 4.63. The third-order valence-electron chi connectivity index (χ3n) is 4.73. The van der Waals surface area contributed by atoms with Crippen molar-refractivity contribution in [3.05, 3.63) is 27.7 Å². The van der Waals surface area contributed by atoms with Gasteiger partial charge < -0.3 is 19.4 Å². The molecule has 0 atom stereocenters. The van der Waals surface area contributed by atoms with Crippen LogP contribution in [0, 0.1) is 11.8 Å². The number of rotatable bonds is 7. The second-order valence-corrected chi connectivity index (χ2v) is 7.38. The van der Waals surface area contributed by atoms with E-state index in [1.807, 2.05) is 0 Å². The molecule has 0 saturated heterocycles. The lowest BCUT2D eigenvalue weighted by atomic mass is 10.1. The van der Waals surface area contributed by atoms with Crippen LogP contribution in [0.3, 0.4) is 0 Å². The topological polar surface area (TPSA) is 69.6 Å². The van der Waals surface area contributed by atoms with Gasteiger partial charge in [-0.05, 0) is 31.1 Å². The summed E-state index contributed by atoms with van der Waals surface area (Å²) < 4.78 is 13.0. The van der Waals surface area contributed by atoms with Gasteiger partial charge in [-0.25, -0.2) is 0 Å². The van der Waals surface area contributed by atoms with E-state index in [-0.39, 0.29) is 11.5 Å². The molecule has 1 aliphatic carbocycles. The van der Waals surface area contributed by atoms with Crippen molar-refractivity contribution in [2.45, 2.75) is 46.1 Å². The van der Waals surface area contributed by atoms with Crippen LogP contribution in [0.5, 0.6) is 5.75 Å². The fourth-order valence-corrected chi connectivity index (χ4v) is 3.02. The van der Waals surface area contributed by atoms with Gasteiger partial charge in [0.1, 0.15) is 11.3 Å². The molecule has 2 aliphatic rings. The summed E-state index contributed by atoms with van der Waals surface area (Å²) in [6.45, 7) is 6.92. The molecule has 1 aromatic heterocycles. The van der Waals surface area contributed by atoms with Gasteiger partial charge in [0.25, 0.3) is 11.5 Å². The summed E-state index contributed by atoms with van der Waals surface area (Å²) in [5, 5.41) is 2.99. The van der Waals surface area contributed by atoms with E-state index in [4.69, 9.17) is 9.47 Å². The second-order valence-electron chi connectivity index (χ2n) is 7.38. The van der Waals surface area contributed by atoms with E-state index in [1.54, 1.807) is 4.57 Å². The number of nitrogens with zero attached hydrogens (tertiary/aromatic N) is 1. The average Bonchev–Trinajstić information content (AvgIpc) is 3.39. The van der Waals surface area contributed by atoms with Gasteiger partial charge >= 0.3 is 0 Å². The molecular weight excluding hydrogens is 320 g/mol. The molecule has 0 aromatic carbocycles. The van der Waals surface area contributed by atoms with Crippen LogP contribution in [0.1, 0.15) is 49.2 Å². The molecule has 1 N–H and O–H groups in total. The van der Waals surface area contributed by atoms with Gasteiger partial charge in [0.05, 0.1) is 19.8 Å². The highest BCUT2D eigenvalue weighted by molar-refractivity contribution is 5.98. The van der Waals surface area contributed by atoms with E-state index in [2.05, 4.69) is 19.2 Å². The van der Waals surface area contributed by atoms with E-state index in [0.29, 0.717) is 62.5 Å². The first kappa shape index (κ1) is 18.0. The largest absolute Gasteiger partial charge is 0.492 e. The van der Waals surface area contributed by atoms with Crippen molar-refractivity contribution in [1.82, 2.24) is 9.88 Å². The zero-order valence-electron chi connectivity index (χ0n) is 15.2. The lowest BCUT2D eigenvalue weighted by molar-refractivity contribution is 0.0945. The van der Waals surface area contributed by atoms with Gasteiger partial charge in [0.15, 0.2) is 0 Å². The molecule has 138 valence electrons. The number of fused-ring (bicyclic) bond motifs is 1. The Labute approximate surface area is 148 Å². The first-order valence-corrected chi connectivity index (χ1v) is 9.31. The monoisotopic (exact) mass is 348 g/mol. The Morgan fingerprint density at radius 3 is 2.92 bits per heavy atom. The van der Waals surface area contributed by atoms with Crippen molar-refractivity contribution in [3.63, 3.8) is 0 Å². The molecule has 0 radical (unpaired) electrons. The predicted octanol–water partition coefficient (Wildman–Crippen LogP) is 1.99. The second kappa shape index (κ2) is 8.04. The molecule has 0 bridgehead atoms. The molecular formula is C19H28N2O4. The number of hydrogen-bond donors (Lipinski definition) is 1. The maximum Gasteiger partial charge on any atom is 0.256 e. The minimum Gasteiger partial charge on any atom is -0.492 e. The number of hydrogen-bond acceptors (Lipinski definition) is 4. The summed E-state index contributed by atoms with van der Waals surface area (Å²) in [5.41, 5.74) is 1.12. The molecule has 6 heteroatoms. The standard InChI is InChI=1S/C19H28N2O4/c1-13(2)5-7-20-19(23)18-15-6-9-24-10-8-21(15)17(22)11-16(18)25-12-14-3-4-14/h11,13-14H,3-10,12H2,1-2H3,(H,20,23).